The van der Waals surface area contributed by atoms with Gasteiger partial charge in [0.05, 0.1) is 12.3 Å². The molecule has 3 heteroatoms. The highest BCUT2D eigenvalue weighted by Crippen LogP contribution is 2.11. The van der Waals surface area contributed by atoms with Crippen molar-refractivity contribution in [3.05, 3.63) is 60.1 Å². The molecule has 0 fully saturated rings. The van der Waals surface area contributed by atoms with Gasteiger partial charge < -0.3 is 14.6 Å². The Bertz CT molecular complexity index is 467. The van der Waals surface area contributed by atoms with Gasteiger partial charge in [-0.2, -0.15) is 0 Å². The third-order valence-electron chi connectivity index (χ3n) is 3.43. The zero-order chi connectivity index (χ0) is 14.2. The number of rotatable bonds is 8. The van der Waals surface area contributed by atoms with Crippen LogP contribution in [-0.2, 0) is 6.54 Å². The summed E-state index contributed by atoms with van der Waals surface area (Å²) in [6, 6.07) is 14.8. The molecule has 1 heterocycles. The van der Waals surface area contributed by atoms with Gasteiger partial charge in [0.25, 0.3) is 0 Å². The van der Waals surface area contributed by atoms with Crippen LogP contribution < -0.4 is 5.32 Å². The fraction of sp³-hybridized carbons (Fsp3) is 0.412. The van der Waals surface area contributed by atoms with E-state index >= 15 is 0 Å². The van der Waals surface area contributed by atoms with Crippen LogP contribution in [0.1, 0.15) is 30.7 Å². The summed E-state index contributed by atoms with van der Waals surface area (Å²) in [5, 5.41) is 3.48. The SMILES string of the molecule is CC(NCCCN(C)Cc1ccccc1)c1ccco1. The number of nitrogens with zero attached hydrogens (tertiary/aromatic N) is 1. The zero-order valence-electron chi connectivity index (χ0n) is 12.4. The highest BCUT2D eigenvalue weighted by atomic mass is 16.3. The maximum atomic E-state index is 5.38. The van der Waals surface area contributed by atoms with E-state index in [1.165, 1.54) is 5.56 Å². The smallest absolute Gasteiger partial charge is 0.120 e. The molecule has 3 nitrogen and oxygen atoms in total. The molecule has 0 spiro atoms. The molecule has 0 saturated carbocycles. The van der Waals surface area contributed by atoms with Gasteiger partial charge in [0.15, 0.2) is 0 Å². The average Bonchev–Trinajstić information content (AvgIpc) is 2.99. The molecule has 0 saturated heterocycles. The quantitative estimate of drug-likeness (QED) is 0.746. The minimum atomic E-state index is 0.282. The Morgan fingerprint density at radius 3 is 2.65 bits per heavy atom. The minimum Gasteiger partial charge on any atom is -0.468 e. The molecule has 1 unspecified atom stereocenters. The predicted octanol–water partition coefficient (Wildman–Crippen LogP) is 3.45. The molecule has 2 aromatic rings. The van der Waals surface area contributed by atoms with Gasteiger partial charge in [-0.25, -0.2) is 0 Å². The van der Waals surface area contributed by atoms with Crippen molar-refractivity contribution < 1.29 is 4.42 Å². The molecule has 1 aromatic carbocycles. The van der Waals surface area contributed by atoms with E-state index in [1.54, 1.807) is 6.26 Å². The third kappa shape index (κ3) is 4.83. The summed E-state index contributed by atoms with van der Waals surface area (Å²) in [5.41, 5.74) is 1.37. The summed E-state index contributed by atoms with van der Waals surface area (Å²) in [6.07, 6.45) is 2.86. The zero-order valence-corrected chi connectivity index (χ0v) is 12.4. The Morgan fingerprint density at radius 2 is 1.95 bits per heavy atom. The number of hydrogen-bond donors (Lipinski definition) is 1. The van der Waals surface area contributed by atoms with Crippen molar-refractivity contribution in [1.82, 2.24) is 10.2 Å². The van der Waals surface area contributed by atoms with Crippen LogP contribution in [0.15, 0.2) is 53.1 Å². The van der Waals surface area contributed by atoms with Gasteiger partial charge in [-0.15, -0.1) is 0 Å². The van der Waals surface area contributed by atoms with Crippen molar-refractivity contribution in [3.63, 3.8) is 0 Å². The second-order valence-electron chi connectivity index (χ2n) is 5.27. The Hall–Kier alpha value is -1.58. The highest BCUT2D eigenvalue weighted by molar-refractivity contribution is 5.14. The molecule has 1 aromatic heterocycles. The van der Waals surface area contributed by atoms with Crippen LogP contribution in [0, 0.1) is 0 Å². The van der Waals surface area contributed by atoms with Crippen molar-refractivity contribution >= 4 is 0 Å². The Kier molecular flexibility index (Phi) is 5.84. The molecule has 0 radical (unpaired) electrons. The van der Waals surface area contributed by atoms with Crippen LogP contribution in [-0.4, -0.2) is 25.0 Å². The van der Waals surface area contributed by atoms with Gasteiger partial charge in [-0.3, -0.25) is 0 Å². The van der Waals surface area contributed by atoms with Crippen LogP contribution >= 0.6 is 0 Å². The van der Waals surface area contributed by atoms with Crippen molar-refractivity contribution in [1.29, 1.82) is 0 Å². The first-order valence-corrected chi connectivity index (χ1v) is 7.25. The molecule has 20 heavy (non-hydrogen) atoms. The molecule has 0 aliphatic heterocycles. The first-order valence-electron chi connectivity index (χ1n) is 7.25. The normalized spacial score (nSPS) is 12.8. The summed E-state index contributed by atoms with van der Waals surface area (Å²) in [7, 11) is 2.17. The predicted molar refractivity (Wildman–Crippen MR) is 82.5 cm³/mol. The molecule has 1 atom stereocenters. The molecular formula is C17H24N2O. The summed E-state index contributed by atoms with van der Waals surface area (Å²) < 4.78 is 5.38. The Balaban J connectivity index is 1.61. The standard InChI is InChI=1S/C17H24N2O/c1-15(17-10-6-13-20-17)18-11-7-12-19(2)14-16-8-4-3-5-9-16/h3-6,8-10,13,15,18H,7,11-12,14H2,1-2H3. The van der Waals surface area contributed by atoms with E-state index in [0.717, 1.165) is 31.8 Å². The molecule has 0 aliphatic carbocycles. The molecule has 1 N–H and O–H groups in total. The Labute approximate surface area is 121 Å². The third-order valence-corrected chi connectivity index (χ3v) is 3.43. The largest absolute Gasteiger partial charge is 0.468 e. The second-order valence-corrected chi connectivity index (χ2v) is 5.27. The number of hydrogen-bond acceptors (Lipinski definition) is 3. The molecule has 0 aliphatic rings. The first-order chi connectivity index (χ1) is 9.75. The minimum absolute atomic E-state index is 0.282. The van der Waals surface area contributed by atoms with E-state index in [0.29, 0.717) is 0 Å². The van der Waals surface area contributed by atoms with Crippen molar-refractivity contribution in [3.8, 4) is 0 Å². The van der Waals surface area contributed by atoms with Crippen molar-refractivity contribution in [2.75, 3.05) is 20.1 Å². The van der Waals surface area contributed by atoms with Gasteiger partial charge in [0.1, 0.15) is 5.76 Å². The lowest BCUT2D eigenvalue weighted by Crippen LogP contribution is -2.25. The number of furan rings is 1. The van der Waals surface area contributed by atoms with Crippen molar-refractivity contribution in [2.24, 2.45) is 0 Å². The lowest BCUT2D eigenvalue weighted by atomic mass is 10.2. The van der Waals surface area contributed by atoms with Crippen LogP contribution in [0.3, 0.4) is 0 Å². The van der Waals surface area contributed by atoms with E-state index < -0.39 is 0 Å². The summed E-state index contributed by atoms with van der Waals surface area (Å²) in [4.78, 5) is 2.36. The monoisotopic (exact) mass is 272 g/mol. The van der Waals surface area contributed by atoms with E-state index in [-0.39, 0.29) is 6.04 Å². The molecular weight excluding hydrogens is 248 g/mol. The maximum Gasteiger partial charge on any atom is 0.120 e. The fourth-order valence-corrected chi connectivity index (χ4v) is 2.28. The first kappa shape index (κ1) is 14.8. The van der Waals surface area contributed by atoms with Crippen LogP contribution in [0.2, 0.25) is 0 Å². The lowest BCUT2D eigenvalue weighted by molar-refractivity contribution is 0.315. The molecule has 2 rings (SSSR count). The van der Waals surface area contributed by atoms with Gasteiger partial charge in [-0.05, 0) is 51.2 Å². The van der Waals surface area contributed by atoms with Gasteiger partial charge in [-0.1, -0.05) is 30.3 Å². The van der Waals surface area contributed by atoms with E-state index in [1.807, 2.05) is 12.1 Å². The number of benzene rings is 1. The molecule has 0 bridgehead atoms. The number of nitrogens with one attached hydrogen (secondary N) is 1. The van der Waals surface area contributed by atoms with Gasteiger partial charge in [0, 0.05) is 6.54 Å². The fourth-order valence-electron chi connectivity index (χ4n) is 2.28. The Morgan fingerprint density at radius 1 is 1.15 bits per heavy atom. The van der Waals surface area contributed by atoms with E-state index in [9.17, 15) is 0 Å². The topological polar surface area (TPSA) is 28.4 Å². The van der Waals surface area contributed by atoms with Gasteiger partial charge >= 0.3 is 0 Å². The molecule has 0 amide bonds. The molecule has 108 valence electrons. The van der Waals surface area contributed by atoms with Crippen LogP contribution in [0.4, 0.5) is 0 Å². The average molecular weight is 272 g/mol. The summed E-state index contributed by atoms with van der Waals surface area (Å²) in [5.74, 6) is 1.00. The van der Waals surface area contributed by atoms with E-state index in [2.05, 4.69) is 54.5 Å². The van der Waals surface area contributed by atoms with Crippen LogP contribution in [0.5, 0.6) is 0 Å². The van der Waals surface area contributed by atoms with Crippen molar-refractivity contribution in [2.45, 2.75) is 25.9 Å². The second kappa shape index (κ2) is 7.88. The lowest BCUT2D eigenvalue weighted by Gasteiger charge is -2.17. The summed E-state index contributed by atoms with van der Waals surface area (Å²) >= 11 is 0. The highest BCUT2D eigenvalue weighted by Gasteiger charge is 2.06. The van der Waals surface area contributed by atoms with Crippen LogP contribution in [0.25, 0.3) is 0 Å². The summed E-state index contributed by atoms with van der Waals surface area (Å²) in [6.45, 7) is 5.23. The van der Waals surface area contributed by atoms with Gasteiger partial charge in [0.2, 0.25) is 0 Å². The van der Waals surface area contributed by atoms with E-state index in [4.69, 9.17) is 4.42 Å². The maximum absolute atomic E-state index is 5.38.